The van der Waals surface area contributed by atoms with Gasteiger partial charge in [-0.2, -0.15) is 0 Å². The molecule has 4 nitrogen and oxygen atoms in total. The number of nitrogens with two attached hydrogens (primary N) is 1. The van der Waals surface area contributed by atoms with Crippen LogP contribution in [-0.4, -0.2) is 4.92 Å². The van der Waals surface area contributed by atoms with E-state index in [0.717, 1.165) is 11.3 Å². The van der Waals surface area contributed by atoms with Gasteiger partial charge in [0.25, 0.3) is 5.69 Å². The van der Waals surface area contributed by atoms with Crippen molar-refractivity contribution in [3.63, 3.8) is 0 Å². The van der Waals surface area contributed by atoms with Crippen LogP contribution in [0.4, 0.5) is 11.4 Å². The highest BCUT2D eigenvalue weighted by atomic mass is 32.2. The van der Waals surface area contributed by atoms with Crippen molar-refractivity contribution in [1.82, 2.24) is 0 Å². The van der Waals surface area contributed by atoms with E-state index in [1.807, 2.05) is 0 Å². The summed E-state index contributed by atoms with van der Waals surface area (Å²) in [6, 6.07) is 13.4. The third-order valence-corrected chi connectivity index (χ3v) is 4.32. The molecular formula is C16H18N2O2S. The summed E-state index contributed by atoms with van der Waals surface area (Å²) in [5.74, 6) is 1.27. The molecule has 0 fully saturated rings. The summed E-state index contributed by atoms with van der Waals surface area (Å²) in [6.07, 6.45) is 0. The average Bonchev–Trinajstić information content (AvgIpc) is 2.45. The summed E-state index contributed by atoms with van der Waals surface area (Å²) >= 11 is 1.69. The van der Waals surface area contributed by atoms with Gasteiger partial charge >= 0.3 is 0 Å². The van der Waals surface area contributed by atoms with E-state index in [1.54, 1.807) is 23.9 Å². The standard InChI is InChI=1S/C16H18N2O2S/c1-11(2)13-4-6-14(7-5-13)21-10-12-3-8-16(18(19)20)15(17)9-12/h3-9,11H,10,17H2,1-2H3. The third-order valence-electron chi connectivity index (χ3n) is 3.24. The second-order valence-corrected chi connectivity index (χ2v) is 6.21. The first-order valence-electron chi connectivity index (χ1n) is 6.73. The van der Waals surface area contributed by atoms with Gasteiger partial charge in [-0.05, 0) is 35.2 Å². The van der Waals surface area contributed by atoms with E-state index in [2.05, 4.69) is 38.1 Å². The summed E-state index contributed by atoms with van der Waals surface area (Å²) in [5, 5.41) is 10.7. The van der Waals surface area contributed by atoms with Crippen LogP contribution < -0.4 is 5.73 Å². The topological polar surface area (TPSA) is 69.2 Å². The van der Waals surface area contributed by atoms with Gasteiger partial charge < -0.3 is 5.73 Å². The summed E-state index contributed by atoms with van der Waals surface area (Å²) in [5.41, 5.74) is 8.17. The van der Waals surface area contributed by atoms with Gasteiger partial charge in [0.05, 0.1) is 4.92 Å². The number of hydrogen-bond donors (Lipinski definition) is 1. The molecule has 0 saturated heterocycles. The molecule has 0 spiro atoms. The summed E-state index contributed by atoms with van der Waals surface area (Å²) < 4.78 is 0. The molecule has 21 heavy (non-hydrogen) atoms. The fraction of sp³-hybridized carbons (Fsp3) is 0.250. The molecule has 0 unspecified atom stereocenters. The van der Waals surface area contributed by atoms with E-state index in [0.29, 0.717) is 5.92 Å². The van der Waals surface area contributed by atoms with Crippen LogP contribution in [0.2, 0.25) is 0 Å². The molecule has 0 amide bonds. The molecule has 2 N–H and O–H groups in total. The lowest BCUT2D eigenvalue weighted by molar-refractivity contribution is -0.383. The van der Waals surface area contributed by atoms with Crippen LogP contribution in [0.1, 0.15) is 30.9 Å². The molecule has 2 aromatic carbocycles. The van der Waals surface area contributed by atoms with Gasteiger partial charge in [0.15, 0.2) is 0 Å². The van der Waals surface area contributed by atoms with Crippen LogP contribution in [0.3, 0.4) is 0 Å². The first kappa shape index (κ1) is 15.4. The Morgan fingerprint density at radius 3 is 2.38 bits per heavy atom. The van der Waals surface area contributed by atoms with E-state index >= 15 is 0 Å². The molecule has 0 atom stereocenters. The van der Waals surface area contributed by atoms with Crippen LogP contribution in [0.5, 0.6) is 0 Å². The Morgan fingerprint density at radius 1 is 1.19 bits per heavy atom. The number of nitrogen functional groups attached to an aromatic ring is 1. The van der Waals surface area contributed by atoms with Crippen molar-refractivity contribution in [2.45, 2.75) is 30.4 Å². The summed E-state index contributed by atoms with van der Waals surface area (Å²) in [4.78, 5) is 11.4. The molecule has 110 valence electrons. The zero-order chi connectivity index (χ0) is 15.4. The number of rotatable bonds is 5. The molecule has 0 aliphatic rings. The van der Waals surface area contributed by atoms with E-state index in [1.165, 1.54) is 16.5 Å². The summed E-state index contributed by atoms with van der Waals surface area (Å²) in [7, 11) is 0. The second-order valence-electron chi connectivity index (χ2n) is 5.16. The quantitative estimate of drug-likeness (QED) is 0.379. The SMILES string of the molecule is CC(C)c1ccc(SCc2ccc([N+](=O)[O-])c(N)c2)cc1. The first-order valence-corrected chi connectivity index (χ1v) is 7.71. The van der Waals surface area contributed by atoms with Crippen molar-refractivity contribution >= 4 is 23.1 Å². The number of nitro benzene ring substituents is 1. The molecule has 0 aliphatic heterocycles. The van der Waals surface area contributed by atoms with Crippen LogP contribution >= 0.6 is 11.8 Å². The van der Waals surface area contributed by atoms with Crippen molar-refractivity contribution in [1.29, 1.82) is 0 Å². The van der Waals surface area contributed by atoms with Gasteiger partial charge in [0.2, 0.25) is 0 Å². The molecule has 2 aromatic rings. The lowest BCUT2D eigenvalue weighted by Crippen LogP contribution is -1.96. The molecule has 0 aliphatic carbocycles. The van der Waals surface area contributed by atoms with E-state index in [4.69, 9.17) is 5.73 Å². The Kier molecular flexibility index (Phi) is 4.85. The predicted molar refractivity (Wildman–Crippen MR) is 87.6 cm³/mol. The molecule has 0 bridgehead atoms. The highest BCUT2D eigenvalue weighted by Gasteiger charge is 2.11. The number of benzene rings is 2. The monoisotopic (exact) mass is 302 g/mol. The molecule has 0 heterocycles. The lowest BCUT2D eigenvalue weighted by Gasteiger charge is -2.07. The van der Waals surface area contributed by atoms with Crippen molar-refractivity contribution in [2.24, 2.45) is 0 Å². The van der Waals surface area contributed by atoms with Crippen molar-refractivity contribution in [3.05, 3.63) is 63.7 Å². The smallest absolute Gasteiger partial charge is 0.292 e. The largest absolute Gasteiger partial charge is 0.393 e. The maximum absolute atomic E-state index is 10.7. The normalized spacial score (nSPS) is 10.8. The molecule has 0 radical (unpaired) electrons. The Hall–Kier alpha value is -2.01. The predicted octanol–water partition coefficient (Wildman–Crippen LogP) is 4.59. The Balaban J connectivity index is 2.03. The fourth-order valence-corrected chi connectivity index (χ4v) is 2.82. The minimum absolute atomic E-state index is 0.0370. The highest BCUT2D eigenvalue weighted by Crippen LogP contribution is 2.28. The number of anilines is 1. The average molecular weight is 302 g/mol. The summed E-state index contributed by atoms with van der Waals surface area (Å²) in [6.45, 7) is 4.34. The van der Waals surface area contributed by atoms with Gasteiger partial charge in [-0.1, -0.05) is 32.0 Å². The maximum Gasteiger partial charge on any atom is 0.292 e. The minimum atomic E-state index is -0.461. The number of nitrogens with zero attached hydrogens (tertiary/aromatic N) is 1. The van der Waals surface area contributed by atoms with Crippen molar-refractivity contribution in [2.75, 3.05) is 5.73 Å². The Labute approximate surface area is 128 Å². The fourth-order valence-electron chi connectivity index (χ4n) is 1.98. The molecule has 2 rings (SSSR count). The van der Waals surface area contributed by atoms with Crippen LogP contribution in [0.25, 0.3) is 0 Å². The Bertz CT molecular complexity index is 639. The van der Waals surface area contributed by atoms with Gasteiger partial charge in [0.1, 0.15) is 5.69 Å². The van der Waals surface area contributed by atoms with Crippen LogP contribution in [-0.2, 0) is 5.75 Å². The van der Waals surface area contributed by atoms with Crippen LogP contribution in [0, 0.1) is 10.1 Å². The lowest BCUT2D eigenvalue weighted by atomic mass is 10.0. The second kappa shape index (κ2) is 6.63. The van der Waals surface area contributed by atoms with Gasteiger partial charge in [-0.15, -0.1) is 11.8 Å². The molecular weight excluding hydrogens is 284 g/mol. The minimum Gasteiger partial charge on any atom is -0.393 e. The molecule has 0 saturated carbocycles. The molecule has 0 aromatic heterocycles. The van der Waals surface area contributed by atoms with Crippen LogP contribution in [0.15, 0.2) is 47.4 Å². The van der Waals surface area contributed by atoms with Gasteiger partial charge in [-0.25, -0.2) is 0 Å². The number of thioether (sulfide) groups is 1. The number of hydrogen-bond acceptors (Lipinski definition) is 4. The van der Waals surface area contributed by atoms with Crippen molar-refractivity contribution in [3.8, 4) is 0 Å². The first-order chi connectivity index (χ1) is 9.97. The Morgan fingerprint density at radius 2 is 1.86 bits per heavy atom. The molecule has 5 heteroatoms. The van der Waals surface area contributed by atoms with Gasteiger partial charge in [-0.3, -0.25) is 10.1 Å². The van der Waals surface area contributed by atoms with E-state index in [-0.39, 0.29) is 11.4 Å². The number of nitro groups is 1. The highest BCUT2D eigenvalue weighted by molar-refractivity contribution is 7.98. The van der Waals surface area contributed by atoms with Gasteiger partial charge in [0, 0.05) is 16.7 Å². The maximum atomic E-state index is 10.7. The van der Waals surface area contributed by atoms with Crippen molar-refractivity contribution < 1.29 is 4.92 Å². The zero-order valence-electron chi connectivity index (χ0n) is 12.1. The van der Waals surface area contributed by atoms with E-state index < -0.39 is 4.92 Å². The zero-order valence-corrected chi connectivity index (χ0v) is 12.9. The third kappa shape index (κ3) is 3.98. The van der Waals surface area contributed by atoms with E-state index in [9.17, 15) is 10.1 Å².